The van der Waals surface area contributed by atoms with Crippen LogP contribution < -0.4 is 4.74 Å². The number of halogens is 1. The Hall–Kier alpha value is -0.540. The van der Waals surface area contributed by atoms with Crippen LogP contribution in [0.5, 0.6) is 5.75 Å². The molecule has 2 saturated carbocycles. The summed E-state index contributed by atoms with van der Waals surface area (Å²) >= 11 is 3.76. The van der Waals surface area contributed by atoms with Gasteiger partial charge >= 0.3 is 0 Å². The van der Waals surface area contributed by atoms with E-state index in [9.17, 15) is 0 Å². The second kappa shape index (κ2) is 5.58. The maximum absolute atomic E-state index is 6.57. The van der Waals surface area contributed by atoms with Gasteiger partial charge in [-0.25, -0.2) is 0 Å². The van der Waals surface area contributed by atoms with E-state index in [0.717, 1.165) is 17.0 Å². The van der Waals surface area contributed by atoms with Crippen molar-refractivity contribution < 1.29 is 9.47 Å². The summed E-state index contributed by atoms with van der Waals surface area (Å²) in [6.45, 7) is 5.45. The first kappa shape index (κ1) is 15.4. The minimum absolute atomic E-state index is 0.0288. The fourth-order valence-electron chi connectivity index (χ4n) is 4.53. The SMILES string of the molecule is COc1cccc(COC2(CBr)C3CCC(C3)C2(C)C)c1. The Kier molecular flexibility index (Phi) is 4.08. The Morgan fingerprint density at radius 1 is 1.24 bits per heavy atom. The van der Waals surface area contributed by atoms with Gasteiger partial charge in [-0.2, -0.15) is 0 Å². The predicted octanol–water partition coefficient (Wildman–Crippen LogP) is 4.80. The molecule has 0 aliphatic heterocycles. The molecule has 0 aromatic heterocycles. The molecule has 1 aromatic carbocycles. The van der Waals surface area contributed by atoms with Gasteiger partial charge in [0.15, 0.2) is 0 Å². The summed E-state index contributed by atoms with van der Waals surface area (Å²) in [6, 6.07) is 8.20. The van der Waals surface area contributed by atoms with Crippen LogP contribution in [0.25, 0.3) is 0 Å². The smallest absolute Gasteiger partial charge is 0.119 e. The molecule has 3 heteroatoms. The average molecular weight is 353 g/mol. The molecule has 2 aliphatic carbocycles. The van der Waals surface area contributed by atoms with E-state index in [-0.39, 0.29) is 11.0 Å². The molecular weight excluding hydrogens is 328 g/mol. The number of fused-ring (bicyclic) bond motifs is 2. The van der Waals surface area contributed by atoms with Crippen LogP contribution in [0.15, 0.2) is 24.3 Å². The van der Waals surface area contributed by atoms with Crippen LogP contribution in [0.2, 0.25) is 0 Å². The second-order valence-electron chi connectivity index (χ2n) is 7.09. The summed E-state index contributed by atoms with van der Waals surface area (Å²) in [4.78, 5) is 0. The van der Waals surface area contributed by atoms with Crippen LogP contribution in [0.3, 0.4) is 0 Å². The lowest BCUT2D eigenvalue weighted by molar-refractivity contribution is -0.145. The van der Waals surface area contributed by atoms with Gasteiger partial charge in [-0.15, -0.1) is 0 Å². The third-order valence-corrected chi connectivity index (χ3v) is 6.87. The molecule has 21 heavy (non-hydrogen) atoms. The maximum Gasteiger partial charge on any atom is 0.119 e. The summed E-state index contributed by atoms with van der Waals surface area (Å²) < 4.78 is 11.9. The highest BCUT2D eigenvalue weighted by molar-refractivity contribution is 9.09. The molecule has 2 bridgehead atoms. The maximum atomic E-state index is 6.57. The first-order chi connectivity index (χ1) is 10.0. The van der Waals surface area contributed by atoms with Gasteiger partial charge in [0.1, 0.15) is 5.75 Å². The highest BCUT2D eigenvalue weighted by Crippen LogP contribution is 2.63. The van der Waals surface area contributed by atoms with Crippen LogP contribution >= 0.6 is 15.9 Å². The Labute approximate surface area is 136 Å². The molecule has 3 atom stereocenters. The summed E-state index contributed by atoms with van der Waals surface area (Å²) in [5.41, 5.74) is 1.41. The average Bonchev–Trinajstić information content (AvgIpc) is 3.05. The van der Waals surface area contributed by atoms with E-state index in [4.69, 9.17) is 9.47 Å². The molecule has 0 spiro atoms. The minimum Gasteiger partial charge on any atom is -0.497 e. The molecule has 0 saturated heterocycles. The van der Waals surface area contributed by atoms with Gasteiger partial charge in [0.25, 0.3) is 0 Å². The monoisotopic (exact) mass is 352 g/mol. The number of hydrogen-bond donors (Lipinski definition) is 0. The lowest BCUT2D eigenvalue weighted by atomic mass is 9.66. The number of alkyl halides is 1. The van der Waals surface area contributed by atoms with E-state index < -0.39 is 0 Å². The largest absolute Gasteiger partial charge is 0.497 e. The Morgan fingerprint density at radius 3 is 2.62 bits per heavy atom. The van der Waals surface area contributed by atoms with Crippen LogP contribution in [0.4, 0.5) is 0 Å². The molecule has 3 rings (SSSR count). The summed E-state index contributed by atoms with van der Waals surface area (Å²) in [5, 5.41) is 0.929. The topological polar surface area (TPSA) is 18.5 Å². The standard InChI is InChI=1S/C18H25BrO2/c1-17(2)14-7-8-15(10-14)18(17,12-19)21-11-13-5-4-6-16(9-13)20-3/h4-6,9,14-15H,7-8,10-12H2,1-3H3. The second-order valence-corrected chi connectivity index (χ2v) is 7.65. The van der Waals surface area contributed by atoms with E-state index in [1.807, 2.05) is 12.1 Å². The molecule has 2 fully saturated rings. The molecule has 2 nitrogen and oxygen atoms in total. The van der Waals surface area contributed by atoms with E-state index >= 15 is 0 Å². The third kappa shape index (κ3) is 2.33. The van der Waals surface area contributed by atoms with Crippen molar-refractivity contribution in [2.75, 3.05) is 12.4 Å². The first-order valence-electron chi connectivity index (χ1n) is 7.86. The highest BCUT2D eigenvalue weighted by atomic mass is 79.9. The molecule has 1 aromatic rings. The first-order valence-corrected chi connectivity index (χ1v) is 8.98. The number of rotatable bonds is 5. The zero-order valence-corrected chi connectivity index (χ0v) is 14.8. The van der Waals surface area contributed by atoms with E-state index in [0.29, 0.717) is 12.5 Å². The molecular formula is C18H25BrO2. The van der Waals surface area contributed by atoms with Crippen molar-refractivity contribution in [3.8, 4) is 5.75 Å². The predicted molar refractivity (Wildman–Crippen MR) is 88.9 cm³/mol. The summed E-state index contributed by atoms with van der Waals surface area (Å²) in [6.07, 6.45) is 4.02. The number of ether oxygens (including phenoxy) is 2. The fraction of sp³-hybridized carbons (Fsp3) is 0.667. The van der Waals surface area contributed by atoms with Crippen molar-refractivity contribution >= 4 is 15.9 Å². The van der Waals surface area contributed by atoms with Crippen molar-refractivity contribution in [2.24, 2.45) is 17.3 Å². The molecule has 0 N–H and O–H groups in total. The normalized spacial score (nSPS) is 33.3. The Balaban J connectivity index is 1.78. The number of methoxy groups -OCH3 is 1. The van der Waals surface area contributed by atoms with Crippen LogP contribution in [0.1, 0.15) is 38.7 Å². The van der Waals surface area contributed by atoms with Gasteiger partial charge in [-0.05, 0) is 54.2 Å². The van der Waals surface area contributed by atoms with E-state index in [1.54, 1.807) is 7.11 Å². The van der Waals surface area contributed by atoms with Gasteiger partial charge in [-0.3, -0.25) is 0 Å². The van der Waals surface area contributed by atoms with Gasteiger partial charge in [-0.1, -0.05) is 41.9 Å². The van der Waals surface area contributed by atoms with Crippen LogP contribution in [-0.4, -0.2) is 18.0 Å². The quantitative estimate of drug-likeness (QED) is 0.708. The molecule has 0 heterocycles. The van der Waals surface area contributed by atoms with Crippen molar-refractivity contribution in [1.82, 2.24) is 0 Å². The van der Waals surface area contributed by atoms with Crippen LogP contribution in [0, 0.1) is 17.3 Å². The Morgan fingerprint density at radius 2 is 2.00 bits per heavy atom. The number of hydrogen-bond acceptors (Lipinski definition) is 2. The van der Waals surface area contributed by atoms with Crippen molar-refractivity contribution in [3.63, 3.8) is 0 Å². The van der Waals surface area contributed by atoms with Gasteiger partial charge in [0.2, 0.25) is 0 Å². The van der Waals surface area contributed by atoms with E-state index in [2.05, 4.69) is 41.9 Å². The van der Waals surface area contributed by atoms with Crippen molar-refractivity contribution in [3.05, 3.63) is 29.8 Å². The molecule has 2 aliphatic rings. The Bertz CT molecular complexity index is 514. The third-order valence-electron chi connectivity index (χ3n) is 6.03. The van der Waals surface area contributed by atoms with Crippen LogP contribution in [-0.2, 0) is 11.3 Å². The summed E-state index contributed by atoms with van der Waals surface area (Å²) in [7, 11) is 1.71. The van der Waals surface area contributed by atoms with Gasteiger partial charge < -0.3 is 9.47 Å². The fourth-order valence-corrected chi connectivity index (χ4v) is 5.87. The zero-order valence-electron chi connectivity index (χ0n) is 13.2. The minimum atomic E-state index is -0.0288. The highest BCUT2D eigenvalue weighted by Gasteiger charge is 2.63. The number of benzene rings is 1. The molecule has 3 unspecified atom stereocenters. The lowest BCUT2D eigenvalue weighted by Gasteiger charge is -2.48. The molecule has 0 amide bonds. The van der Waals surface area contributed by atoms with Crippen molar-refractivity contribution in [2.45, 2.75) is 45.3 Å². The molecule has 0 radical (unpaired) electrons. The summed E-state index contributed by atoms with van der Waals surface area (Å²) in [5.74, 6) is 2.41. The van der Waals surface area contributed by atoms with Gasteiger partial charge in [0.05, 0.1) is 19.3 Å². The van der Waals surface area contributed by atoms with E-state index in [1.165, 1.54) is 24.8 Å². The zero-order chi connectivity index (χ0) is 15.1. The molecule has 116 valence electrons. The van der Waals surface area contributed by atoms with Gasteiger partial charge in [0, 0.05) is 5.33 Å². The lowest BCUT2D eigenvalue weighted by Crippen LogP contribution is -2.52. The van der Waals surface area contributed by atoms with Crippen molar-refractivity contribution in [1.29, 1.82) is 0 Å².